The molecule has 0 unspecified atom stereocenters. The van der Waals surface area contributed by atoms with Crippen LogP contribution in [0.15, 0.2) is 36.7 Å². The number of nitrogens with zero attached hydrogens (tertiary/aromatic N) is 2. The van der Waals surface area contributed by atoms with E-state index in [1.165, 1.54) is 6.07 Å². The zero-order chi connectivity index (χ0) is 14.2. The maximum absolute atomic E-state index is 13.5. The summed E-state index contributed by atoms with van der Waals surface area (Å²) in [5, 5.41) is 6.34. The molecule has 0 fully saturated rings. The van der Waals surface area contributed by atoms with Crippen LogP contribution in [-0.2, 0) is 6.42 Å². The van der Waals surface area contributed by atoms with Gasteiger partial charge in [0.25, 0.3) is 0 Å². The lowest BCUT2D eigenvalue weighted by atomic mass is 10.1. The zero-order valence-electron chi connectivity index (χ0n) is 11.6. The number of nitrogens with one attached hydrogen (secondary N) is 2. The molecule has 2 N–H and O–H groups in total. The highest BCUT2D eigenvalue weighted by atomic mass is 19.1. The van der Waals surface area contributed by atoms with Crippen molar-refractivity contribution in [3.63, 3.8) is 0 Å². The van der Waals surface area contributed by atoms with Gasteiger partial charge in [0, 0.05) is 13.1 Å². The summed E-state index contributed by atoms with van der Waals surface area (Å²) >= 11 is 0. The summed E-state index contributed by atoms with van der Waals surface area (Å²) in [4.78, 5) is 8.50. The van der Waals surface area contributed by atoms with Gasteiger partial charge < -0.3 is 10.6 Å². The summed E-state index contributed by atoms with van der Waals surface area (Å²) in [5.74, 6) is 1.28. The molecule has 0 amide bonds. The lowest BCUT2D eigenvalue weighted by Crippen LogP contribution is -2.09. The molecule has 2 aromatic rings. The van der Waals surface area contributed by atoms with Crippen molar-refractivity contribution >= 4 is 11.6 Å². The fourth-order valence-electron chi connectivity index (χ4n) is 1.82. The van der Waals surface area contributed by atoms with Crippen molar-refractivity contribution in [1.82, 2.24) is 9.97 Å². The third-order valence-corrected chi connectivity index (χ3v) is 2.85. The molecule has 0 aliphatic rings. The number of halogens is 1. The minimum absolute atomic E-state index is 0.168. The number of hydrogen-bond donors (Lipinski definition) is 2. The van der Waals surface area contributed by atoms with Gasteiger partial charge in [-0.25, -0.2) is 9.37 Å². The maximum atomic E-state index is 13.5. The Hall–Kier alpha value is -2.17. The Morgan fingerprint density at radius 1 is 1.05 bits per heavy atom. The van der Waals surface area contributed by atoms with Crippen molar-refractivity contribution in [2.45, 2.75) is 19.8 Å². The normalized spacial score (nSPS) is 10.3. The van der Waals surface area contributed by atoms with Gasteiger partial charge in [0.1, 0.15) is 17.5 Å². The molecule has 2 rings (SSSR count). The third-order valence-electron chi connectivity index (χ3n) is 2.85. The zero-order valence-corrected chi connectivity index (χ0v) is 11.6. The second-order valence-electron chi connectivity index (χ2n) is 4.48. The first-order valence-corrected chi connectivity index (χ1v) is 6.83. The minimum Gasteiger partial charge on any atom is -0.369 e. The molecule has 0 bridgehead atoms. The van der Waals surface area contributed by atoms with Gasteiger partial charge >= 0.3 is 0 Å². The number of benzene rings is 1. The van der Waals surface area contributed by atoms with E-state index in [1.807, 2.05) is 6.07 Å². The second kappa shape index (κ2) is 7.43. The Balaban J connectivity index is 1.86. The third kappa shape index (κ3) is 4.19. The molecular weight excluding hydrogens is 255 g/mol. The summed E-state index contributed by atoms with van der Waals surface area (Å²) in [7, 11) is 0. The van der Waals surface area contributed by atoms with Crippen molar-refractivity contribution in [2.75, 3.05) is 23.7 Å². The summed E-state index contributed by atoms with van der Waals surface area (Å²) in [5.41, 5.74) is 0.702. The average Bonchev–Trinajstić information content (AvgIpc) is 2.48. The molecule has 5 heteroatoms. The van der Waals surface area contributed by atoms with Gasteiger partial charge in [0.15, 0.2) is 0 Å². The molecular formula is C15H19FN4. The SMILES string of the molecule is CCCNc1cncc(NCCc2ccccc2F)n1. The molecule has 1 aromatic carbocycles. The Kier molecular flexibility index (Phi) is 5.29. The van der Waals surface area contributed by atoms with E-state index in [-0.39, 0.29) is 5.82 Å². The molecule has 1 heterocycles. The highest BCUT2D eigenvalue weighted by Gasteiger charge is 2.01. The molecule has 0 aliphatic carbocycles. The number of aromatic nitrogens is 2. The highest BCUT2D eigenvalue weighted by molar-refractivity contribution is 5.41. The summed E-state index contributed by atoms with van der Waals surface area (Å²) in [6.45, 7) is 3.58. The molecule has 0 saturated carbocycles. The molecule has 0 atom stereocenters. The van der Waals surface area contributed by atoms with Crippen LogP contribution >= 0.6 is 0 Å². The number of anilines is 2. The predicted octanol–water partition coefficient (Wildman–Crippen LogP) is 3.09. The predicted molar refractivity (Wildman–Crippen MR) is 79.4 cm³/mol. The Bertz CT molecular complexity index is 545. The van der Waals surface area contributed by atoms with Crippen LogP contribution in [0.5, 0.6) is 0 Å². The van der Waals surface area contributed by atoms with Gasteiger partial charge in [-0.15, -0.1) is 0 Å². The molecule has 20 heavy (non-hydrogen) atoms. The molecule has 0 aliphatic heterocycles. The molecule has 106 valence electrons. The van der Waals surface area contributed by atoms with E-state index in [4.69, 9.17) is 0 Å². The molecule has 1 aromatic heterocycles. The van der Waals surface area contributed by atoms with Gasteiger partial charge in [-0.3, -0.25) is 4.98 Å². The molecule has 0 saturated heterocycles. The van der Waals surface area contributed by atoms with E-state index in [0.29, 0.717) is 24.3 Å². The van der Waals surface area contributed by atoms with Crippen molar-refractivity contribution < 1.29 is 4.39 Å². The second-order valence-corrected chi connectivity index (χ2v) is 4.48. The van der Waals surface area contributed by atoms with Crippen LogP contribution in [0.4, 0.5) is 16.0 Å². The largest absolute Gasteiger partial charge is 0.369 e. The van der Waals surface area contributed by atoms with E-state index in [9.17, 15) is 4.39 Å². The van der Waals surface area contributed by atoms with Crippen molar-refractivity contribution in [3.05, 3.63) is 48.0 Å². The minimum atomic E-state index is -0.168. The first-order valence-electron chi connectivity index (χ1n) is 6.83. The van der Waals surface area contributed by atoms with Gasteiger partial charge in [-0.1, -0.05) is 25.1 Å². The molecule has 0 radical (unpaired) electrons. The van der Waals surface area contributed by atoms with E-state index in [0.717, 1.165) is 18.8 Å². The topological polar surface area (TPSA) is 49.8 Å². The van der Waals surface area contributed by atoms with Crippen LogP contribution in [0.3, 0.4) is 0 Å². The Morgan fingerprint density at radius 2 is 1.75 bits per heavy atom. The van der Waals surface area contributed by atoms with Crippen LogP contribution in [0.1, 0.15) is 18.9 Å². The number of rotatable bonds is 7. The van der Waals surface area contributed by atoms with E-state index in [2.05, 4.69) is 27.5 Å². The van der Waals surface area contributed by atoms with Gasteiger partial charge in [0.05, 0.1) is 12.4 Å². The van der Waals surface area contributed by atoms with Gasteiger partial charge in [-0.2, -0.15) is 0 Å². The summed E-state index contributed by atoms with van der Waals surface area (Å²) < 4.78 is 13.5. The summed E-state index contributed by atoms with van der Waals surface area (Å²) in [6, 6.07) is 6.81. The van der Waals surface area contributed by atoms with E-state index < -0.39 is 0 Å². The molecule has 4 nitrogen and oxygen atoms in total. The van der Waals surface area contributed by atoms with Crippen LogP contribution in [-0.4, -0.2) is 23.1 Å². The first kappa shape index (κ1) is 14.2. The van der Waals surface area contributed by atoms with Crippen LogP contribution in [0, 0.1) is 5.82 Å². The van der Waals surface area contributed by atoms with Gasteiger partial charge in [0.2, 0.25) is 0 Å². The average molecular weight is 274 g/mol. The molecule has 0 spiro atoms. The van der Waals surface area contributed by atoms with E-state index >= 15 is 0 Å². The fourth-order valence-corrected chi connectivity index (χ4v) is 1.82. The van der Waals surface area contributed by atoms with Crippen LogP contribution in [0.2, 0.25) is 0 Å². The smallest absolute Gasteiger partial charge is 0.146 e. The maximum Gasteiger partial charge on any atom is 0.146 e. The Labute approximate surface area is 118 Å². The Morgan fingerprint density at radius 3 is 2.45 bits per heavy atom. The van der Waals surface area contributed by atoms with Crippen molar-refractivity contribution in [1.29, 1.82) is 0 Å². The summed E-state index contributed by atoms with van der Waals surface area (Å²) in [6.07, 6.45) is 5.00. The van der Waals surface area contributed by atoms with Crippen LogP contribution < -0.4 is 10.6 Å². The van der Waals surface area contributed by atoms with Crippen molar-refractivity contribution in [3.8, 4) is 0 Å². The highest BCUT2D eigenvalue weighted by Crippen LogP contribution is 2.09. The van der Waals surface area contributed by atoms with Gasteiger partial charge in [-0.05, 0) is 24.5 Å². The quantitative estimate of drug-likeness (QED) is 0.814. The lowest BCUT2D eigenvalue weighted by Gasteiger charge is -2.08. The lowest BCUT2D eigenvalue weighted by molar-refractivity contribution is 0.610. The standard InChI is InChI=1S/C15H19FN4/c1-2-8-18-14-10-17-11-15(20-14)19-9-7-12-5-3-4-6-13(12)16/h3-6,10-11H,2,7-9H2,1H3,(H2,18,19,20). The first-order chi connectivity index (χ1) is 9.79. The van der Waals surface area contributed by atoms with E-state index in [1.54, 1.807) is 24.5 Å². The number of hydrogen-bond acceptors (Lipinski definition) is 4. The fraction of sp³-hybridized carbons (Fsp3) is 0.333. The van der Waals surface area contributed by atoms with Crippen LogP contribution in [0.25, 0.3) is 0 Å². The monoisotopic (exact) mass is 274 g/mol. The van der Waals surface area contributed by atoms with Crippen molar-refractivity contribution in [2.24, 2.45) is 0 Å².